The van der Waals surface area contributed by atoms with Crippen molar-refractivity contribution < 1.29 is 27.7 Å². The first-order valence-corrected chi connectivity index (χ1v) is 21.6. The van der Waals surface area contributed by atoms with Crippen molar-refractivity contribution >= 4 is 41.4 Å². The molecule has 0 radical (unpaired) electrons. The van der Waals surface area contributed by atoms with E-state index in [4.69, 9.17) is 50.5 Å². The summed E-state index contributed by atoms with van der Waals surface area (Å²) in [7, 11) is 0. The Morgan fingerprint density at radius 3 is 2.27 bits per heavy atom. The fourth-order valence-electron chi connectivity index (χ4n) is 8.76. The van der Waals surface area contributed by atoms with E-state index >= 15 is 4.39 Å². The molecule has 2 N–H and O–H groups in total. The van der Waals surface area contributed by atoms with Gasteiger partial charge in [-0.05, 0) is 81.3 Å². The molecule has 314 valence electrons. The SMILES string of the molecule is CCN(CC1COC(NC2=NC(CCc3ccccc3)C(CC3OC(NC4=NC(CCC5CCCCC5)C(C)O4)=NC3c3cccc(F)c3F)O2)=N1)c1ccc(Cl)cc1. The van der Waals surface area contributed by atoms with Crippen molar-refractivity contribution in [3.05, 3.63) is 101 Å². The quantitative estimate of drug-likeness (QED) is 0.178. The molecule has 4 heterocycles. The first kappa shape index (κ1) is 40.9. The average Bonchev–Trinajstić information content (AvgIpc) is 4.04. The molecule has 0 spiro atoms. The summed E-state index contributed by atoms with van der Waals surface area (Å²) in [5.41, 5.74) is 2.32. The number of aliphatic imine (C=N–C) groups is 4. The minimum atomic E-state index is -0.961. The smallest absolute Gasteiger partial charge is 0.293 e. The maximum atomic E-state index is 15.5. The van der Waals surface area contributed by atoms with Crippen LogP contribution < -0.4 is 15.5 Å². The standard InChI is InChI=1S/C45H54ClF2N7O4/c1-3-55(33-21-19-31(46)20-22-33)26-32-27-56-42(49-32)53-44-51-37(24-18-30-13-8-5-9-14-30)38(58-44)25-39-41(34-15-10-16-35(47)40(34)48)52-45(59-39)54-43-50-36(28(2)57-43)23-17-29-11-6-4-7-12-29/h5,8-10,13-16,19-22,28-29,32,36-39,41H,3-4,6-7,11-12,17-18,23-27H2,1-2H3,(H,49,51,53)(H,50,52,54). The molecule has 0 bridgehead atoms. The van der Waals surface area contributed by atoms with Gasteiger partial charge < -0.3 is 23.8 Å². The van der Waals surface area contributed by atoms with Crippen LogP contribution in [0.1, 0.15) is 88.8 Å². The number of rotatable bonds is 13. The third kappa shape index (κ3) is 10.3. The Kier molecular flexibility index (Phi) is 13.2. The van der Waals surface area contributed by atoms with Gasteiger partial charge in [0.1, 0.15) is 37.0 Å². The van der Waals surface area contributed by atoms with Gasteiger partial charge in [0.15, 0.2) is 11.6 Å². The lowest BCUT2D eigenvalue weighted by molar-refractivity contribution is 0.0902. The lowest BCUT2D eigenvalue weighted by Gasteiger charge is -2.24. The highest BCUT2D eigenvalue weighted by atomic mass is 35.5. The molecule has 0 saturated heterocycles. The summed E-state index contributed by atoms with van der Waals surface area (Å²) in [5, 5.41) is 7.00. The van der Waals surface area contributed by atoms with E-state index in [1.54, 1.807) is 6.07 Å². The molecule has 8 rings (SSSR count). The molecule has 1 fully saturated rings. The predicted octanol–water partition coefficient (Wildman–Crippen LogP) is 8.52. The minimum Gasteiger partial charge on any atom is -0.463 e. The van der Waals surface area contributed by atoms with Crippen LogP contribution in [-0.4, -0.2) is 80.2 Å². The van der Waals surface area contributed by atoms with Gasteiger partial charge in [0.2, 0.25) is 0 Å². The zero-order valence-corrected chi connectivity index (χ0v) is 34.5. The van der Waals surface area contributed by atoms with Gasteiger partial charge in [-0.1, -0.05) is 86.2 Å². The maximum absolute atomic E-state index is 15.5. The Hall–Kier alpha value is -4.91. The van der Waals surface area contributed by atoms with Gasteiger partial charge in [-0.15, -0.1) is 0 Å². The molecule has 1 saturated carbocycles. The first-order chi connectivity index (χ1) is 28.8. The van der Waals surface area contributed by atoms with Gasteiger partial charge >= 0.3 is 0 Å². The van der Waals surface area contributed by atoms with E-state index in [1.807, 2.05) is 49.4 Å². The number of anilines is 1. The highest BCUT2D eigenvalue weighted by Crippen LogP contribution is 2.37. The average molecular weight is 830 g/mol. The third-order valence-electron chi connectivity index (χ3n) is 12.0. The van der Waals surface area contributed by atoms with Crippen molar-refractivity contribution in [3.63, 3.8) is 0 Å². The Balaban J connectivity index is 0.961. The van der Waals surface area contributed by atoms with Crippen LogP contribution in [0.25, 0.3) is 0 Å². The predicted molar refractivity (Wildman–Crippen MR) is 227 cm³/mol. The molecule has 0 amide bonds. The van der Waals surface area contributed by atoms with Gasteiger partial charge in [0.05, 0.1) is 12.1 Å². The van der Waals surface area contributed by atoms with E-state index in [0.717, 1.165) is 43.5 Å². The number of hydrogen-bond acceptors (Lipinski definition) is 11. The van der Waals surface area contributed by atoms with Gasteiger partial charge in [0.25, 0.3) is 24.1 Å². The second-order valence-electron chi connectivity index (χ2n) is 16.2. The fraction of sp³-hybridized carbons (Fsp3) is 0.511. The van der Waals surface area contributed by atoms with Crippen LogP contribution in [0.15, 0.2) is 92.8 Å². The number of halogens is 3. The highest BCUT2D eigenvalue weighted by Gasteiger charge is 2.42. The monoisotopic (exact) mass is 829 g/mol. The van der Waals surface area contributed by atoms with Crippen molar-refractivity contribution in [2.45, 2.75) is 121 Å². The second kappa shape index (κ2) is 19.0. The van der Waals surface area contributed by atoms with Crippen LogP contribution in [0, 0.1) is 17.6 Å². The summed E-state index contributed by atoms with van der Waals surface area (Å²) in [6.07, 6.45) is 8.99. The Labute approximate surface area is 350 Å². The number of ether oxygens (including phenoxy) is 4. The summed E-state index contributed by atoms with van der Waals surface area (Å²) in [4.78, 5) is 21.6. The number of amidine groups is 4. The van der Waals surface area contributed by atoms with Crippen molar-refractivity contribution in [1.29, 1.82) is 0 Å². The van der Waals surface area contributed by atoms with Gasteiger partial charge in [-0.25, -0.2) is 28.8 Å². The molecule has 7 atom stereocenters. The van der Waals surface area contributed by atoms with Gasteiger partial charge in [-0.3, -0.25) is 10.6 Å². The van der Waals surface area contributed by atoms with Gasteiger partial charge in [0, 0.05) is 35.8 Å². The van der Waals surface area contributed by atoms with Crippen molar-refractivity contribution in [2.24, 2.45) is 25.9 Å². The Morgan fingerprint density at radius 1 is 0.746 bits per heavy atom. The summed E-state index contributed by atoms with van der Waals surface area (Å²) >= 11 is 6.13. The highest BCUT2D eigenvalue weighted by molar-refractivity contribution is 6.30. The zero-order chi connectivity index (χ0) is 40.7. The molecular formula is C45H54ClF2N7O4. The number of benzene rings is 3. The molecular weight excluding hydrogens is 776 g/mol. The Bertz CT molecular complexity index is 2010. The van der Waals surface area contributed by atoms with Crippen molar-refractivity contribution in [1.82, 2.24) is 10.6 Å². The molecule has 1 aliphatic carbocycles. The first-order valence-electron chi connectivity index (χ1n) is 21.2. The van der Waals surface area contributed by atoms with Crippen LogP contribution in [0.5, 0.6) is 0 Å². The summed E-state index contributed by atoms with van der Waals surface area (Å²) in [5.74, 6) is -1.16. The molecule has 4 aliphatic heterocycles. The lowest BCUT2D eigenvalue weighted by Crippen LogP contribution is -2.36. The van der Waals surface area contributed by atoms with E-state index in [1.165, 1.54) is 43.7 Å². The van der Waals surface area contributed by atoms with Crippen molar-refractivity contribution in [2.75, 3.05) is 24.6 Å². The normalized spacial score (nSPS) is 26.5. The minimum absolute atomic E-state index is 0.0202. The molecule has 7 unspecified atom stereocenters. The lowest BCUT2D eigenvalue weighted by atomic mass is 9.85. The number of likely N-dealkylation sites (N-methyl/N-ethyl adjacent to an activating group) is 1. The molecule has 3 aromatic rings. The van der Waals surface area contributed by atoms with E-state index in [-0.39, 0.29) is 48.3 Å². The van der Waals surface area contributed by atoms with Crippen LogP contribution in [0.3, 0.4) is 0 Å². The largest absolute Gasteiger partial charge is 0.463 e. The molecule has 5 aliphatic rings. The van der Waals surface area contributed by atoms with E-state index in [9.17, 15) is 4.39 Å². The van der Waals surface area contributed by atoms with Gasteiger partial charge in [-0.2, -0.15) is 0 Å². The second-order valence-corrected chi connectivity index (χ2v) is 16.6. The summed E-state index contributed by atoms with van der Waals surface area (Å²) in [6.45, 7) is 5.98. The zero-order valence-electron chi connectivity index (χ0n) is 33.7. The van der Waals surface area contributed by atoms with Crippen molar-refractivity contribution in [3.8, 4) is 0 Å². The van der Waals surface area contributed by atoms with Crippen LogP contribution in [0.2, 0.25) is 5.02 Å². The number of nitrogens with zero attached hydrogens (tertiary/aromatic N) is 5. The molecule has 3 aromatic carbocycles. The number of hydrogen-bond donors (Lipinski definition) is 2. The van der Waals surface area contributed by atoms with E-state index in [2.05, 4.69) is 34.6 Å². The molecule has 11 nitrogen and oxygen atoms in total. The molecule has 14 heteroatoms. The summed E-state index contributed by atoms with van der Waals surface area (Å²) < 4.78 is 55.2. The van der Waals surface area contributed by atoms with E-state index in [0.29, 0.717) is 36.6 Å². The van der Waals surface area contributed by atoms with Crippen LogP contribution in [-0.2, 0) is 25.4 Å². The Morgan fingerprint density at radius 2 is 1.47 bits per heavy atom. The maximum Gasteiger partial charge on any atom is 0.293 e. The summed E-state index contributed by atoms with van der Waals surface area (Å²) in [6, 6.07) is 21.9. The molecule has 0 aromatic heterocycles. The van der Waals surface area contributed by atoms with Crippen LogP contribution in [0.4, 0.5) is 14.5 Å². The third-order valence-corrected chi connectivity index (χ3v) is 12.3. The van der Waals surface area contributed by atoms with E-state index < -0.39 is 29.9 Å². The topological polar surface area (TPSA) is 114 Å². The number of aryl methyl sites for hydroxylation is 1. The molecule has 59 heavy (non-hydrogen) atoms. The van der Waals surface area contributed by atoms with Crippen LogP contribution >= 0.6 is 11.6 Å². The fourth-order valence-corrected chi connectivity index (χ4v) is 8.89. The number of nitrogens with one attached hydrogen (secondary N) is 2.